The Bertz CT molecular complexity index is 138. The second-order valence-electron chi connectivity index (χ2n) is 3.26. The SMILES string of the molecule is O[C@@H]1CN2CCCC2[C@H]1O. The second kappa shape index (κ2) is 2.19. The van der Waals surface area contributed by atoms with Gasteiger partial charge in [-0.3, -0.25) is 4.90 Å². The minimum absolute atomic E-state index is 0.259. The molecule has 10 heavy (non-hydrogen) atoms. The Labute approximate surface area is 60.3 Å². The van der Waals surface area contributed by atoms with Crippen LogP contribution in [0.1, 0.15) is 12.8 Å². The van der Waals surface area contributed by atoms with E-state index in [4.69, 9.17) is 0 Å². The average molecular weight is 143 g/mol. The van der Waals surface area contributed by atoms with Crippen LogP contribution in [0.2, 0.25) is 0 Å². The van der Waals surface area contributed by atoms with Crippen LogP contribution < -0.4 is 0 Å². The van der Waals surface area contributed by atoms with Crippen LogP contribution in [0.25, 0.3) is 0 Å². The van der Waals surface area contributed by atoms with Crippen LogP contribution in [0.15, 0.2) is 0 Å². The zero-order valence-electron chi connectivity index (χ0n) is 5.90. The Morgan fingerprint density at radius 3 is 2.80 bits per heavy atom. The van der Waals surface area contributed by atoms with Crippen LogP contribution in [0.5, 0.6) is 0 Å². The zero-order chi connectivity index (χ0) is 7.14. The molecule has 3 nitrogen and oxygen atoms in total. The monoisotopic (exact) mass is 143 g/mol. The van der Waals surface area contributed by atoms with E-state index in [0.29, 0.717) is 6.54 Å². The predicted octanol–water partition coefficient (Wildman–Crippen LogP) is -0.814. The van der Waals surface area contributed by atoms with E-state index in [0.717, 1.165) is 13.0 Å². The molecule has 2 fully saturated rings. The van der Waals surface area contributed by atoms with Gasteiger partial charge in [-0.15, -0.1) is 0 Å². The molecule has 0 bridgehead atoms. The lowest BCUT2D eigenvalue weighted by Crippen LogP contribution is -2.30. The van der Waals surface area contributed by atoms with Crippen molar-refractivity contribution in [1.82, 2.24) is 4.90 Å². The molecule has 0 aromatic rings. The lowest BCUT2D eigenvalue weighted by Gasteiger charge is -2.14. The summed E-state index contributed by atoms with van der Waals surface area (Å²) in [5, 5.41) is 18.6. The van der Waals surface area contributed by atoms with E-state index in [9.17, 15) is 10.2 Å². The first kappa shape index (κ1) is 6.58. The molecule has 3 heteroatoms. The van der Waals surface area contributed by atoms with Crippen molar-refractivity contribution in [3.63, 3.8) is 0 Å². The number of fused-ring (bicyclic) bond motifs is 1. The zero-order valence-corrected chi connectivity index (χ0v) is 5.90. The van der Waals surface area contributed by atoms with E-state index in [1.165, 1.54) is 6.42 Å². The van der Waals surface area contributed by atoms with Crippen molar-refractivity contribution >= 4 is 0 Å². The molecule has 2 N–H and O–H groups in total. The van der Waals surface area contributed by atoms with Crippen molar-refractivity contribution in [2.75, 3.05) is 13.1 Å². The largest absolute Gasteiger partial charge is 0.389 e. The molecule has 0 amide bonds. The fourth-order valence-corrected chi connectivity index (χ4v) is 2.07. The first-order valence-corrected chi connectivity index (χ1v) is 3.89. The van der Waals surface area contributed by atoms with Crippen molar-refractivity contribution in [3.05, 3.63) is 0 Å². The summed E-state index contributed by atoms with van der Waals surface area (Å²) in [5.41, 5.74) is 0. The topological polar surface area (TPSA) is 43.7 Å². The fraction of sp³-hybridized carbons (Fsp3) is 1.00. The maximum Gasteiger partial charge on any atom is 0.0966 e. The Hall–Kier alpha value is -0.120. The van der Waals surface area contributed by atoms with Crippen molar-refractivity contribution in [2.24, 2.45) is 0 Å². The summed E-state index contributed by atoms with van der Waals surface area (Å²) in [4.78, 5) is 2.18. The van der Waals surface area contributed by atoms with E-state index in [1.54, 1.807) is 0 Å². The molecule has 0 spiro atoms. The van der Waals surface area contributed by atoms with Crippen LogP contribution in [0, 0.1) is 0 Å². The minimum atomic E-state index is -0.495. The molecule has 0 aliphatic carbocycles. The Morgan fingerprint density at radius 1 is 1.30 bits per heavy atom. The quantitative estimate of drug-likeness (QED) is 0.466. The molecule has 2 heterocycles. The van der Waals surface area contributed by atoms with Crippen molar-refractivity contribution in [3.8, 4) is 0 Å². The van der Waals surface area contributed by atoms with Crippen LogP contribution in [0.3, 0.4) is 0 Å². The molecule has 0 radical (unpaired) electrons. The highest BCUT2D eigenvalue weighted by Gasteiger charge is 2.41. The third-order valence-corrected chi connectivity index (χ3v) is 2.62. The van der Waals surface area contributed by atoms with Gasteiger partial charge in [-0.05, 0) is 19.4 Å². The van der Waals surface area contributed by atoms with Gasteiger partial charge in [0.25, 0.3) is 0 Å². The van der Waals surface area contributed by atoms with E-state index in [2.05, 4.69) is 4.90 Å². The number of hydrogen-bond donors (Lipinski definition) is 2. The van der Waals surface area contributed by atoms with Crippen molar-refractivity contribution in [1.29, 1.82) is 0 Å². The highest BCUT2D eigenvalue weighted by Crippen LogP contribution is 2.27. The van der Waals surface area contributed by atoms with Gasteiger partial charge in [0, 0.05) is 12.6 Å². The van der Waals surface area contributed by atoms with Gasteiger partial charge in [-0.2, -0.15) is 0 Å². The third-order valence-electron chi connectivity index (χ3n) is 2.62. The molecular formula is C7H13NO2. The summed E-state index contributed by atoms with van der Waals surface area (Å²) in [6.07, 6.45) is 1.25. The summed E-state index contributed by atoms with van der Waals surface area (Å²) in [5.74, 6) is 0. The Morgan fingerprint density at radius 2 is 2.10 bits per heavy atom. The maximum atomic E-state index is 9.38. The van der Waals surface area contributed by atoms with Crippen molar-refractivity contribution < 1.29 is 10.2 Å². The summed E-state index contributed by atoms with van der Waals surface area (Å²) >= 11 is 0. The molecule has 1 unspecified atom stereocenters. The molecule has 2 saturated heterocycles. The standard InChI is InChI=1S/C7H13NO2/c9-6-4-8-3-1-2-5(8)7(6)10/h5-7,9-10H,1-4H2/t5?,6-,7-/m1/s1. The lowest BCUT2D eigenvalue weighted by atomic mass is 10.1. The normalized spacial score (nSPS) is 48.0. The van der Waals surface area contributed by atoms with Gasteiger partial charge >= 0.3 is 0 Å². The van der Waals surface area contributed by atoms with E-state index < -0.39 is 12.2 Å². The minimum Gasteiger partial charge on any atom is -0.389 e. The molecule has 58 valence electrons. The van der Waals surface area contributed by atoms with Crippen LogP contribution in [0.4, 0.5) is 0 Å². The highest BCUT2D eigenvalue weighted by molar-refractivity contribution is 4.96. The van der Waals surface area contributed by atoms with E-state index in [-0.39, 0.29) is 6.04 Å². The fourth-order valence-electron chi connectivity index (χ4n) is 2.07. The number of rotatable bonds is 0. The van der Waals surface area contributed by atoms with E-state index in [1.807, 2.05) is 0 Å². The average Bonchev–Trinajstić information content (AvgIpc) is 2.41. The predicted molar refractivity (Wildman–Crippen MR) is 36.6 cm³/mol. The van der Waals surface area contributed by atoms with Gasteiger partial charge in [0.05, 0.1) is 12.2 Å². The molecule has 2 aliphatic heterocycles. The van der Waals surface area contributed by atoms with Crippen LogP contribution in [-0.2, 0) is 0 Å². The van der Waals surface area contributed by atoms with Gasteiger partial charge in [0.1, 0.15) is 0 Å². The second-order valence-corrected chi connectivity index (χ2v) is 3.26. The Kier molecular flexibility index (Phi) is 1.44. The van der Waals surface area contributed by atoms with E-state index >= 15 is 0 Å². The number of aliphatic hydroxyl groups excluding tert-OH is 2. The van der Waals surface area contributed by atoms with Gasteiger partial charge < -0.3 is 10.2 Å². The lowest BCUT2D eigenvalue weighted by molar-refractivity contribution is 0.0394. The molecule has 2 rings (SSSR count). The number of hydrogen-bond acceptors (Lipinski definition) is 3. The van der Waals surface area contributed by atoms with Crippen LogP contribution >= 0.6 is 0 Å². The molecule has 2 aliphatic rings. The Balaban J connectivity index is 2.09. The first-order valence-electron chi connectivity index (χ1n) is 3.89. The molecule has 0 aromatic heterocycles. The summed E-state index contributed by atoms with van der Waals surface area (Å²) in [6, 6.07) is 0.259. The number of aliphatic hydroxyl groups is 2. The van der Waals surface area contributed by atoms with Crippen molar-refractivity contribution in [2.45, 2.75) is 31.1 Å². The van der Waals surface area contributed by atoms with Gasteiger partial charge in [-0.25, -0.2) is 0 Å². The molecule has 3 atom stereocenters. The number of nitrogens with zero attached hydrogens (tertiary/aromatic N) is 1. The molecular weight excluding hydrogens is 130 g/mol. The van der Waals surface area contributed by atoms with Crippen LogP contribution in [-0.4, -0.2) is 46.5 Å². The molecule has 0 saturated carbocycles. The first-order chi connectivity index (χ1) is 4.79. The smallest absolute Gasteiger partial charge is 0.0966 e. The summed E-state index contributed by atoms with van der Waals surface area (Å²) in [6.45, 7) is 1.73. The summed E-state index contributed by atoms with van der Waals surface area (Å²) in [7, 11) is 0. The van der Waals surface area contributed by atoms with Gasteiger partial charge in [-0.1, -0.05) is 0 Å². The van der Waals surface area contributed by atoms with Gasteiger partial charge in [0.15, 0.2) is 0 Å². The van der Waals surface area contributed by atoms with Gasteiger partial charge in [0.2, 0.25) is 0 Å². The third kappa shape index (κ3) is 0.779. The summed E-state index contributed by atoms with van der Waals surface area (Å²) < 4.78 is 0. The molecule has 0 aromatic carbocycles. The maximum absolute atomic E-state index is 9.38. The highest BCUT2D eigenvalue weighted by atomic mass is 16.3.